The van der Waals surface area contributed by atoms with Crippen LogP contribution in [-0.4, -0.2) is 36.7 Å². The zero-order valence-electron chi connectivity index (χ0n) is 11.4. The second kappa shape index (κ2) is 8.96. The molecule has 0 N–H and O–H groups in total. The van der Waals surface area contributed by atoms with Gasteiger partial charge in [-0.25, -0.2) is 0 Å². The summed E-state index contributed by atoms with van der Waals surface area (Å²) in [5.41, 5.74) is 0. The van der Waals surface area contributed by atoms with Crippen molar-refractivity contribution in [1.82, 2.24) is 0 Å². The monoisotopic (exact) mass is 274 g/mol. The molecule has 0 heterocycles. The zero-order valence-corrected chi connectivity index (χ0v) is 11.4. The number of esters is 3. The van der Waals surface area contributed by atoms with Gasteiger partial charge in [-0.1, -0.05) is 0 Å². The van der Waals surface area contributed by atoms with Gasteiger partial charge in [0.2, 0.25) is 0 Å². The molecule has 0 aromatic rings. The summed E-state index contributed by atoms with van der Waals surface area (Å²) in [6.45, 7) is 5.25. The van der Waals surface area contributed by atoms with Crippen LogP contribution in [0.2, 0.25) is 0 Å². The molecule has 108 valence electrons. The van der Waals surface area contributed by atoms with Crippen LogP contribution in [-0.2, 0) is 33.3 Å². The summed E-state index contributed by atoms with van der Waals surface area (Å²) in [5, 5.41) is 0. The lowest BCUT2D eigenvalue weighted by atomic mass is 10.2. The number of carbonyl (C=O) groups is 3. The Morgan fingerprint density at radius 1 is 1.00 bits per heavy atom. The average Bonchev–Trinajstić information content (AvgIpc) is 2.26. The molecule has 0 spiro atoms. The molecule has 0 aliphatic carbocycles. The van der Waals surface area contributed by atoms with Gasteiger partial charge >= 0.3 is 17.9 Å². The highest BCUT2D eigenvalue weighted by atomic mass is 16.6. The molecule has 0 saturated heterocycles. The molecule has 0 fully saturated rings. The number of carbonyl (C=O) groups excluding carboxylic acids is 3. The fourth-order valence-corrected chi connectivity index (χ4v) is 1.08. The van der Waals surface area contributed by atoms with Crippen LogP contribution in [0.5, 0.6) is 0 Å². The summed E-state index contributed by atoms with van der Waals surface area (Å²) in [6, 6.07) is 0. The minimum atomic E-state index is -0.695. The van der Waals surface area contributed by atoms with E-state index in [1.165, 1.54) is 20.8 Å². The average molecular weight is 274 g/mol. The van der Waals surface area contributed by atoms with Crippen LogP contribution in [0.1, 0.15) is 27.7 Å². The number of ether oxygens (including phenoxy) is 4. The Bertz CT molecular complexity index is 348. The van der Waals surface area contributed by atoms with Gasteiger partial charge < -0.3 is 18.9 Å². The number of hydrogen-bond acceptors (Lipinski definition) is 7. The smallest absolute Gasteiger partial charge is 0.307 e. The van der Waals surface area contributed by atoms with E-state index in [1.54, 1.807) is 6.92 Å². The van der Waals surface area contributed by atoms with E-state index >= 15 is 0 Å². The molecule has 19 heavy (non-hydrogen) atoms. The molecular weight excluding hydrogens is 256 g/mol. The van der Waals surface area contributed by atoms with Crippen molar-refractivity contribution in [2.75, 3.05) is 6.61 Å². The highest BCUT2D eigenvalue weighted by molar-refractivity contribution is 5.67. The quantitative estimate of drug-likeness (QED) is 0.387. The lowest BCUT2D eigenvalue weighted by molar-refractivity contribution is -0.157. The van der Waals surface area contributed by atoms with Crippen LogP contribution >= 0.6 is 0 Å². The van der Waals surface area contributed by atoms with E-state index in [-0.39, 0.29) is 6.61 Å². The van der Waals surface area contributed by atoms with Crippen molar-refractivity contribution in [1.29, 1.82) is 0 Å². The maximum Gasteiger partial charge on any atom is 0.307 e. The predicted molar refractivity (Wildman–Crippen MR) is 63.6 cm³/mol. The van der Waals surface area contributed by atoms with Crippen molar-refractivity contribution in [3.05, 3.63) is 12.5 Å². The molecule has 0 saturated carbocycles. The van der Waals surface area contributed by atoms with E-state index in [2.05, 4.69) is 4.74 Å². The first-order valence-corrected chi connectivity index (χ1v) is 5.61. The van der Waals surface area contributed by atoms with E-state index < -0.39 is 30.1 Å². The van der Waals surface area contributed by atoms with Crippen LogP contribution in [0.4, 0.5) is 0 Å². The molecule has 0 aliphatic heterocycles. The summed E-state index contributed by atoms with van der Waals surface area (Å²) in [6.07, 6.45) is 0.845. The van der Waals surface area contributed by atoms with Gasteiger partial charge in [0.05, 0.1) is 0 Å². The van der Waals surface area contributed by atoms with Gasteiger partial charge in [0, 0.05) is 20.8 Å². The van der Waals surface area contributed by atoms with Gasteiger partial charge in [0.15, 0.2) is 6.10 Å². The number of rotatable bonds is 7. The normalized spacial score (nSPS) is 13.5. The van der Waals surface area contributed by atoms with Crippen molar-refractivity contribution in [2.24, 2.45) is 0 Å². The molecule has 7 heteroatoms. The molecule has 0 aromatic heterocycles. The molecule has 0 amide bonds. The Labute approximate surface area is 111 Å². The lowest BCUT2D eigenvalue weighted by Gasteiger charge is -2.22. The molecule has 0 radical (unpaired) electrons. The van der Waals surface area contributed by atoms with E-state index in [9.17, 15) is 14.4 Å². The van der Waals surface area contributed by atoms with Gasteiger partial charge in [0.25, 0.3) is 0 Å². The van der Waals surface area contributed by atoms with E-state index in [0.717, 1.165) is 12.5 Å². The first-order valence-electron chi connectivity index (χ1n) is 5.61. The van der Waals surface area contributed by atoms with Crippen molar-refractivity contribution in [3.63, 3.8) is 0 Å². The van der Waals surface area contributed by atoms with Crippen LogP contribution in [0, 0.1) is 0 Å². The largest absolute Gasteiger partial charge is 0.487 e. The van der Waals surface area contributed by atoms with E-state index in [0.29, 0.717) is 0 Å². The van der Waals surface area contributed by atoms with E-state index in [1.807, 2.05) is 0 Å². The molecule has 0 aliphatic rings. The molecule has 0 rings (SSSR count). The second-order valence-electron chi connectivity index (χ2n) is 3.67. The minimum absolute atomic E-state index is 0.0891. The van der Waals surface area contributed by atoms with Crippen molar-refractivity contribution < 1.29 is 33.3 Å². The third-order valence-electron chi connectivity index (χ3n) is 1.87. The summed E-state index contributed by atoms with van der Waals surface area (Å²) in [5.74, 6) is -1.45. The molecular formula is C12H18O7. The molecule has 0 aromatic carbocycles. The van der Waals surface area contributed by atoms with Crippen LogP contribution in [0.3, 0.4) is 0 Å². The number of hydrogen-bond donors (Lipinski definition) is 0. The Morgan fingerprint density at radius 3 is 2.11 bits per heavy atom. The summed E-state index contributed by atoms with van der Waals surface area (Å²) in [7, 11) is 0. The predicted octanol–water partition coefficient (Wildman–Crippen LogP) is 0.921. The van der Waals surface area contributed by atoms with E-state index in [4.69, 9.17) is 14.2 Å². The van der Waals surface area contributed by atoms with Crippen LogP contribution in [0.25, 0.3) is 0 Å². The van der Waals surface area contributed by atoms with Crippen LogP contribution < -0.4 is 0 Å². The fourth-order valence-electron chi connectivity index (χ4n) is 1.08. The maximum absolute atomic E-state index is 10.8. The third kappa shape index (κ3) is 9.63. The van der Waals surface area contributed by atoms with Crippen LogP contribution in [0.15, 0.2) is 12.5 Å². The summed E-state index contributed by atoms with van der Waals surface area (Å²) in [4.78, 5) is 32.1. The van der Waals surface area contributed by atoms with Gasteiger partial charge in [-0.2, -0.15) is 0 Å². The van der Waals surface area contributed by atoms with Gasteiger partial charge in [-0.15, -0.1) is 0 Å². The minimum Gasteiger partial charge on any atom is -0.487 e. The molecule has 2 unspecified atom stereocenters. The topological polar surface area (TPSA) is 88.1 Å². The SMILES string of the molecule is CC(=O)O/C=C\OC(COC(C)=O)C(C)OC(C)=O. The Hall–Kier alpha value is -2.05. The van der Waals surface area contributed by atoms with Gasteiger partial charge in [-0.3, -0.25) is 14.4 Å². The molecule has 2 atom stereocenters. The zero-order chi connectivity index (χ0) is 14.8. The Kier molecular flexibility index (Phi) is 7.99. The molecule has 0 bridgehead atoms. The van der Waals surface area contributed by atoms with Crippen molar-refractivity contribution >= 4 is 17.9 Å². The van der Waals surface area contributed by atoms with Crippen molar-refractivity contribution in [3.8, 4) is 0 Å². The molecule has 7 nitrogen and oxygen atoms in total. The first-order chi connectivity index (χ1) is 8.82. The highest BCUT2D eigenvalue weighted by Gasteiger charge is 2.22. The maximum atomic E-state index is 10.8. The van der Waals surface area contributed by atoms with Gasteiger partial charge in [0.1, 0.15) is 25.2 Å². The van der Waals surface area contributed by atoms with Gasteiger partial charge in [-0.05, 0) is 6.92 Å². The third-order valence-corrected chi connectivity index (χ3v) is 1.87. The lowest BCUT2D eigenvalue weighted by Crippen LogP contribution is -2.34. The summed E-state index contributed by atoms with van der Waals surface area (Å²) < 4.78 is 19.4. The Balaban J connectivity index is 4.39. The first kappa shape index (κ1) is 16.9. The highest BCUT2D eigenvalue weighted by Crippen LogP contribution is 2.06. The fraction of sp³-hybridized carbons (Fsp3) is 0.583. The van der Waals surface area contributed by atoms with Crippen molar-refractivity contribution in [2.45, 2.75) is 39.9 Å². The second-order valence-corrected chi connectivity index (χ2v) is 3.67. The summed E-state index contributed by atoms with van der Waals surface area (Å²) >= 11 is 0. The Morgan fingerprint density at radius 2 is 1.63 bits per heavy atom. The standard InChI is InChI=1S/C12H18O7/c1-8(19-11(4)15)12(7-18-10(3)14)17-6-5-16-9(2)13/h5-6,8,12H,7H2,1-4H3/b6-5-.